The van der Waals surface area contributed by atoms with E-state index in [1.54, 1.807) is 0 Å². The Balaban J connectivity index is 0.00000240. The summed E-state index contributed by atoms with van der Waals surface area (Å²) in [5.74, 6) is 4.25. The minimum absolute atomic E-state index is 0. The second kappa shape index (κ2) is 10.8. The van der Waals surface area contributed by atoms with Crippen molar-refractivity contribution in [1.82, 2.24) is 30.1 Å². The summed E-state index contributed by atoms with van der Waals surface area (Å²) in [6.07, 6.45) is 7.25. The summed E-state index contributed by atoms with van der Waals surface area (Å²) in [5, 5.41) is 15.6. The minimum atomic E-state index is 0. The van der Waals surface area contributed by atoms with Crippen molar-refractivity contribution in [3.8, 4) is 0 Å². The predicted octanol–water partition coefficient (Wildman–Crippen LogP) is 2.76. The van der Waals surface area contributed by atoms with E-state index in [-0.39, 0.29) is 24.0 Å². The topological polar surface area (TPSA) is 69.8 Å². The van der Waals surface area contributed by atoms with Crippen LogP contribution in [0.2, 0.25) is 0 Å². The largest absolute Gasteiger partial charge is 0.357 e. The molecule has 2 N–H and O–H groups in total. The molecule has 1 saturated heterocycles. The van der Waals surface area contributed by atoms with Crippen LogP contribution < -0.4 is 10.6 Å². The maximum Gasteiger partial charge on any atom is 0.191 e. The van der Waals surface area contributed by atoms with Crippen molar-refractivity contribution in [2.24, 2.45) is 4.99 Å². The molecule has 2 aliphatic rings. The van der Waals surface area contributed by atoms with Gasteiger partial charge in [-0.05, 0) is 31.9 Å². The molecule has 0 atom stereocenters. The van der Waals surface area contributed by atoms with E-state index in [2.05, 4.69) is 44.4 Å². The first kappa shape index (κ1) is 22.6. The van der Waals surface area contributed by atoms with Crippen LogP contribution in [0.4, 0.5) is 0 Å². The molecule has 7 nitrogen and oxygen atoms in total. The third-order valence-corrected chi connectivity index (χ3v) is 6.85. The lowest BCUT2D eigenvalue weighted by Gasteiger charge is -2.43. The highest BCUT2D eigenvalue weighted by Gasteiger charge is 2.39. The molecule has 9 heteroatoms. The number of pyridine rings is 1. The fraction of sp³-hybridized carbons (Fsp3) is 0.650. The summed E-state index contributed by atoms with van der Waals surface area (Å²) < 4.78 is 2.00. The zero-order valence-corrected chi connectivity index (χ0v) is 20.3. The van der Waals surface area contributed by atoms with E-state index >= 15 is 0 Å². The van der Waals surface area contributed by atoms with Crippen LogP contribution in [0.3, 0.4) is 0 Å². The smallest absolute Gasteiger partial charge is 0.191 e. The molecule has 1 saturated carbocycles. The number of rotatable bonds is 6. The maximum atomic E-state index is 4.79. The first-order chi connectivity index (χ1) is 13.8. The number of thioether (sulfide) groups is 1. The predicted molar refractivity (Wildman–Crippen MR) is 131 cm³/mol. The van der Waals surface area contributed by atoms with Crippen LogP contribution >= 0.6 is 35.7 Å². The Kier molecular flexibility index (Phi) is 8.43. The van der Waals surface area contributed by atoms with Crippen molar-refractivity contribution in [2.75, 3.05) is 37.7 Å². The summed E-state index contributed by atoms with van der Waals surface area (Å²) in [5.41, 5.74) is 1.15. The van der Waals surface area contributed by atoms with Gasteiger partial charge in [0.05, 0.1) is 0 Å². The molecule has 1 aliphatic carbocycles. The van der Waals surface area contributed by atoms with Crippen LogP contribution in [-0.4, -0.2) is 68.7 Å². The molecule has 160 valence electrons. The van der Waals surface area contributed by atoms with Crippen LogP contribution in [0.5, 0.6) is 0 Å². The van der Waals surface area contributed by atoms with Gasteiger partial charge in [0.25, 0.3) is 0 Å². The van der Waals surface area contributed by atoms with Gasteiger partial charge in [-0.25, -0.2) is 4.99 Å². The first-order valence-electron chi connectivity index (χ1n) is 10.4. The normalized spacial score (nSPS) is 19.8. The second-order valence-corrected chi connectivity index (χ2v) is 8.85. The molecule has 3 heterocycles. The Labute approximate surface area is 194 Å². The number of halogens is 1. The number of aliphatic imine (C=N–C) groups is 1. The SMILES string of the molecule is CCNC(=NCc1nnc2ccccn12)NCC1(N2CCSCC2)CCCC1.I. The lowest BCUT2D eigenvalue weighted by Crippen LogP contribution is -2.57. The zero-order valence-electron chi connectivity index (χ0n) is 17.1. The summed E-state index contributed by atoms with van der Waals surface area (Å²) in [6, 6.07) is 5.93. The molecule has 2 fully saturated rings. The van der Waals surface area contributed by atoms with Crippen molar-refractivity contribution < 1.29 is 0 Å². The zero-order chi connectivity index (χ0) is 19.2. The fourth-order valence-corrected chi connectivity index (χ4v) is 5.32. The number of hydrogen-bond acceptors (Lipinski definition) is 5. The van der Waals surface area contributed by atoms with Crippen LogP contribution in [0.1, 0.15) is 38.4 Å². The molecule has 1 aliphatic heterocycles. The Hall–Kier alpha value is -1.07. The van der Waals surface area contributed by atoms with E-state index in [9.17, 15) is 0 Å². The number of guanidine groups is 1. The summed E-state index contributed by atoms with van der Waals surface area (Å²) in [7, 11) is 0. The molecule has 0 spiro atoms. The van der Waals surface area contributed by atoms with E-state index in [0.717, 1.165) is 30.5 Å². The number of nitrogens with zero attached hydrogens (tertiary/aromatic N) is 5. The Bertz CT molecular complexity index is 797. The lowest BCUT2D eigenvalue weighted by atomic mass is 9.94. The number of fused-ring (bicyclic) bond motifs is 1. The third kappa shape index (κ3) is 5.35. The summed E-state index contributed by atoms with van der Waals surface area (Å²) >= 11 is 2.08. The Morgan fingerprint density at radius 2 is 1.97 bits per heavy atom. The molecule has 0 unspecified atom stereocenters. The maximum absolute atomic E-state index is 4.79. The van der Waals surface area contributed by atoms with Crippen LogP contribution in [0.25, 0.3) is 5.65 Å². The number of nitrogens with one attached hydrogen (secondary N) is 2. The van der Waals surface area contributed by atoms with Crippen LogP contribution in [0.15, 0.2) is 29.4 Å². The van der Waals surface area contributed by atoms with E-state index < -0.39 is 0 Å². The van der Waals surface area contributed by atoms with Crippen molar-refractivity contribution in [3.05, 3.63) is 30.2 Å². The molecule has 2 aromatic heterocycles. The lowest BCUT2D eigenvalue weighted by molar-refractivity contribution is 0.107. The van der Waals surface area contributed by atoms with Crippen molar-refractivity contribution in [1.29, 1.82) is 0 Å². The van der Waals surface area contributed by atoms with Gasteiger partial charge < -0.3 is 10.6 Å². The van der Waals surface area contributed by atoms with Gasteiger partial charge in [0.2, 0.25) is 0 Å². The molecular weight excluding hydrogens is 497 g/mol. The number of aromatic nitrogens is 3. The van der Waals surface area contributed by atoms with Gasteiger partial charge in [-0.2, -0.15) is 11.8 Å². The van der Waals surface area contributed by atoms with Gasteiger partial charge in [0, 0.05) is 49.4 Å². The quantitative estimate of drug-likeness (QED) is 0.341. The van der Waals surface area contributed by atoms with Gasteiger partial charge in [0.1, 0.15) is 6.54 Å². The highest BCUT2D eigenvalue weighted by Crippen LogP contribution is 2.36. The first-order valence-corrected chi connectivity index (χ1v) is 11.6. The van der Waals surface area contributed by atoms with Gasteiger partial charge in [-0.15, -0.1) is 34.2 Å². The van der Waals surface area contributed by atoms with Crippen LogP contribution in [0, 0.1) is 0 Å². The number of hydrogen-bond donors (Lipinski definition) is 2. The van der Waals surface area contributed by atoms with E-state index in [4.69, 9.17) is 4.99 Å². The van der Waals surface area contributed by atoms with E-state index in [0.29, 0.717) is 12.1 Å². The van der Waals surface area contributed by atoms with Gasteiger partial charge in [-0.1, -0.05) is 18.9 Å². The monoisotopic (exact) mass is 529 g/mol. The summed E-state index contributed by atoms with van der Waals surface area (Å²) in [4.78, 5) is 7.53. The van der Waals surface area contributed by atoms with Gasteiger partial charge in [-0.3, -0.25) is 9.30 Å². The molecule has 0 aromatic carbocycles. The van der Waals surface area contributed by atoms with E-state index in [1.165, 1.54) is 50.3 Å². The average Bonchev–Trinajstić information content (AvgIpc) is 3.39. The molecule has 0 radical (unpaired) electrons. The molecular formula is C20H32IN7S. The molecule has 2 aromatic rings. The Morgan fingerprint density at radius 3 is 2.72 bits per heavy atom. The standard InChI is InChI=1S/C20H31N7S.HI/c1-2-21-19(22-15-18-25-24-17-7-3-6-10-27(17)18)23-16-20(8-4-5-9-20)26-11-13-28-14-12-26;/h3,6-7,10H,2,4-5,8-9,11-16H2,1H3,(H2,21,22,23);1H. The highest BCUT2D eigenvalue weighted by molar-refractivity contribution is 14.0. The Morgan fingerprint density at radius 1 is 1.17 bits per heavy atom. The highest BCUT2D eigenvalue weighted by atomic mass is 127. The average molecular weight is 529 g/mol. The third-order valence-electron chi connectivity index (χ3n) is 5.91. The van der Waals surface area contributed by atoms with Gasteiger partial charge in [0.15, 0.2) is 17.4 Å². The fourth-order valence-electron chi connectivity index (χ4n) is 4.41. The van der Waals surface area contributed by atoms with Crippen molar-refractivity contribution in [3.63, 3.8) is 0 Å². The second-order valence-electron chi connectivity index (χ2n) is 7.62. The van der Waals surface area contributed by atoms with Crippen molar-refractivity contribution in [2.45, 2.75) is 44.7 Å². The summed E-state index contributed by atoms with van der Waals surface area (Å²) in [6.45, 7) is 6.85. The molecule has 0 bridgehead atoms. The minimum Gasteiger partial charge on any atom is -0.357 e. The molecule has 29 heavy (non-hydrogen) atoms. The van der Waals surface area contributed by atoms with Crippen molar-refractivity contribution >= 4 is 47.3 Å². The van der Waals surface area contributed by atoms with Crippen LogP contribution in [-0.2, 0) is 6.54 Å². The molecule has 0 amide bonds. The van der Waals surface area contributed by atoms with E-state index in [1.807, 2.05) is 28.8 Å². The van der Waals surface area contributed by atoms with Gasteiger partial charge >= 0.3 is 0 Å². The molecule has 4 rings (SSSR count).